The summed E-state index contributed by atoms with van der Waals surface area (Å²) in [5.74, 6) is 0.658. The first-order chi connectivity index (χ1) is 14.5. The number of thiazole rings is 1. The number of nitriles is 1. The lowest BCUT2D eigenvalue weighted by Gasteiger charge is -2.14. The molecule has 30 heavy (non-hydrogen) atoms. The highest BCUT2D eigenvalue weighted by molar-refractivity contribution is 8.12. The lowest BCUT2D eigenvalue weighted by Crippen LogP contribution is -2.09. The Labute approximate surface area is 188 Å². The predicted molar refractivity (Wildman–Crippen MR) is 125 cm³/mol. The number of hydrogen-bond donors (Lipinski definition) is 1. The predicted octanol–water partition coefficient (Wildman–Crippen LogP) is 5.40. The molecule has 0 saturated heterocycles. The van der Waals surface area contributed by atoms with Crippen LogP contribution in [0.2, 0.25) is 0 Å². The second kappa shape index (κ2) is 10.9. The Hall–Kier alpha value is -1.89. The van der Waals surface area contributed by atoms with E-state index in [0.717, 1.165) is 34.5 Å². The topological polar surface area (TPSA) is 92.9 Å². The van der Waals surface area contributed by atoms with Crippen molar-refractivity contribution in [3.63, 3.8) is 0 Å². The molecular weight excluding hydrogens is 434 g/mol. The Morgan fingerprint density at radius 2 is 2.10 bits per heavy atom. The molecule has 3 rings (SSSR count). The van der Waals surface area contributed by atoms with Crippen molar-refractivity contribution in [1.82, 2.24) is 9.97 Å². The summed E-state index contributed by atoms with van der Waals surface area (Å²) in [5, 5.41) is 23.3. The minimum atomic E-state index is -0.961. The summed E-state index contributed by atoms with van der Waals surface area (Å²) in [4.78, 5) is 9.05. The van der Waals surface area contributed by atoms with Crippen LogP contribution in [0.5, 0.6) is 0 Å². The molecule has 8 heteroatoms. The Balaban J connectivity index is 2.02. The van der Waals surface area contributed by atoms with Gasteiger partial charge in [0.15, 0.2) is 5.08 Å². The van der Waals surface area contributed by atoms with Crippen LogP contribution in [0.25, 0.3) is 21.8 Å². The number of thioether (sulfide) groups is 1. The van der Waals surface area contributed by atoms with Gasteiger partial charge >= 0.3 is 0 Å². The van der Waals surface area contributed by atoms with Crippen LogP contribution in [0.3, 0.4) is 0 Å². The van der Waals surface area contributed by atoms with Crippen LogP contribution in [-0.2, 0) is 11.2 Å². The summed E-state index contributed by atoms with van der Waals surface area (Å²) in [6.45, 7) is 3.79. The fraction of sp³-hybridized carbons (Fsp3) is 0.318. The first kappa shape index (κ1) is 22.8. The van der Waals surface area contributed by atoms with Crippen LogP contribution in [0, 0.1) is 11.3 Å². The van der Waals surface area contributed by atoms with Crippen LogP contribution in [-0.4, -0.2) is 30.5 Å². The van der Waals surface area contributed by atoms with E-state index in [1.807, 2.05) is 35.7 Å². The van der Waals surface area contributed by atoms with Crippen molar-refractivity contribution in [2.75, 3.05) is 10.8 Å². The van der Waals surface area contributed by atoms with E-state index in [1.165, 1.54) is 23.1 Å². The van der Waals surface area contributed by atoms with Crippen LogP contribution in [0.15, 0.2) is 46.9 Å². The van der Waals surface area contributed by atoms with Crippen LogP contribution in [0.1, 0.15) is 43.9 Å². The summed E-state index contributed by atoms with van der Waals surface area (Å²) < 4.78 is 12.3. The van der Waals surface area contributed by atoms with E-state index in [0.29, 0.717) is 27.1 Å². The van der Waals surface area contributed by atoms with Gasteiger partial charge in [-0.25, -0.2) is 9.97 Å². The third-order valence-electron chi connectivity index (χ3n) is 4.51. The molecule has 0 aliphatic rings. The van der Waals surface area contributed by atoms with Crippen molar-refractivity contribution in [1.29, 1.82) is 5.26 Å². The van der Waals surface area contributed by atoms with E-state index in [1.54, 1.807) is 13.1 Å². The van der Waals surface area contributed by atoms with Gasteiger partial charge in [-0.1, -0.05) is 49.4 Å². The molecule has 1 aromatic carbocycles. The molecule has 2 aromatic heterocycles. The van der Waals surface area contributed by atoms with Crippen molar-refractivity contribution < 1.29 is 9.66 Å². The van der Waals surface area contributed by atoms with E-state index >= 15 is 0 Å². The Bertz CT molecular complexity index is 1000. The number of aromatic nitrogens is 2. The molecular formula is C22H23N3O2S3. The molecule has 5 nitrogen and oxygen atoms in total. The van der Waals surface area contributed by atoms with Gasteiger partial charge in [0.05, 0.1) is 11.7 Å². The number of aliphatic hydroxyl groups is 1. The highest BCUT2D eigenvalue weighted by Gasteiger charge is 2.19. The first-order valence-corrected chi connectivity index (χ1v) is 13.0. The Morgan fingerprint density at radius 1 is 1.33 bits per heavy atom. The van der Waals surface area contributed by atoms with Crippen molar-refractivity contribution in [3.8, 4) is 27.9 Å². The van der Waals surface area contributed by atoms with E-state index < -0.39 is 17.3 Å². The second-order valence-electron chi connectivity index (χ2n) is 6.74. The van der Waals surface area contributed by atoms with E-state index in [9.17, 15) is 14.9 Å². The Morgan fingerprint density at radius 3 is 2.70 bits per heavy atom. The average molecular weight is 458 g/mol. The van der Waals surface area contributed by atoms with Gasteiger partial charge in [0, 0.05) is 17.1 Å². The minimum Gasteiger partial charge on any atom is -0.616 e. The van der Waals surface area contributed by atoms with Gasteiger partial charge in [0.2, 0.25) is 0 Å². The highest BCUT2D eigenvalue weighted by Crippen LogP contribution is 2.35. The zero-order valence-electron chi connectivity index (χ0n) is 16.9. The standard InChI is InChI=1S/C22H23N3O2S3/c1-3-4-11-30(27)14-29-21-19(13-23)18(12-20(25-21)22-24-9-10-28-22)17-7-5-16(6-8-17)15(2)26/h5-10,12,15,26H,3-4,11,14H2,1-2H3. The maximum atomic E-state index is 12.3. The molecule has 2 atom stereocenters. The molecule has 0 aliphatic heterocycles. The summed E-state index contributed by atoms with van der Waals surface area (Å²) in [6.07, 6.45) is 3.10. The van der Waals surface area contributed by atoms with Gasteiger partial charge in [-0.3, -0.25) is 0 Å². The van der Waals surface area contributed by atoms with Gasteiger partial charge in [-0.15, -0.1) is 11.3 Å². The number of hydrogen-bond acceptors (Lipinski definition) is 7. The van der Waals surface area contributed by atoms with Gasteiger partial charge < -0.3 is 9.66 Å². The lowest BCUT2D eigenvalue weighted by atomic mass is 9.99. The summed E-state index contributed by atoms with van der Waals surface area (Å²) >= 11 is 1.89. The van der Waals surface area contributed by atoms with Gasteiger partial charge in [-0.05, 0) is 41.7 Å². The molecule has 0 radical (unpaired) electrons. The number of unbranched alkanes of at least 4 members (excludes halogenated alkanes) is 1. The molecule has 0 aliphatic carbocycles. The maximum absolute atomic E-state index is 12.3. The first-order valence-electron chi connectivity index (χ1n) is 9.64. The number of nitrogens with zero attached hydrogens (tertiary/aromatic N) is 3. The molecule has 1 N–H and O–H groups in total. The largest absolute Gasteiger partial charge is 0.616 e. The third kappa shape index (κ3) is 5.62. The summed E-state index contributed by atoms with van der Waals surface area (Å²) in [6, 6.07) is 11.7. The molecule has 2 heterocycles. The molecule has 0 amide bonds. The molecule has 2 unspecified atom stereocenters. The van der Waals surface area contributed by atoms with Crippen LogP contribution >= 0.6 is 23.1 Å². The highest BCUT2D eigenvalue weighted by atomic mass is 32.3. The zero-order chi connectivity index (χ0) is 21.5. The van der Waals surface area contributed by atoms with Gasteiger partial charge in [0.1, 0.15) is 27.5 Å². The number of pyridine rings is 1. The smallest absolute Gasteiger partial charge is 0.156 e. The molecule has 0 spiro atoms. The SMILES string of the molecule is CCCC[S+]([O-])CSc1nc(-c2nccs2)cc(-c2ccc(C(C)O)cc2)c1C#N. The number of rotatable bonds is 9. The quantitative estimate of drug-likeness (QED) is 0.342. The van der Waals surface area contributed by atoms with Crippen molar-refractivity contribution >= 4 is 34.3 Å². The van der Waals surface area contributed by atoms with E-state index in [2.05, 4.69) is 23.0 Å². The summed E-state index contributed by atoms with van der Waals surface area (Å²) in [7, 11) is 0. The molecule has 0 bridgehead atoms. The molecule has 156 valence electrons. The fourth-order valence-electron chi connectivity index (χ4n) is 2.85. The molecule has 3 aromatic rings. The van der Waals surface area contributed by atoms with Crippen molar-refractivity contribution in [2.24, 2.45) is 0 Å². The molecule has 0 fully saturated rings. The lowest BCUT2D eigenvalue weighted by molar-refractivity contribution is 0.199. The van der Waals surface area contributed by atoms with Gasteiger partial charge in [-0.2, -0.15) is 5.26 Å². The van der Waals surface area contributed by atoms with Crippen molar-refractivity contribution in [3.05, 3.63) is 53.0 Å². The maximum Gasteiger partial charge on any atom is 0.156 e. The van der Waals surface area contributed by atoms with Gasteiger partial charge in [0.25, 0.3) is 0 Å². The fourth-order valence-corrected chi connectivity index (χ4v) is 5.96. The van der Waals surface area contributed by atoms with Crippen molar-refractivity contribution in [2.45, 2.75) is 37.8 Å². The average Bonchev–Trinajstić information content (AvgIpc) is 3.30. The molecule has 0 saturated carbocycles. The zero-order valence-corrected chi connectivity index (χ0v) is 19.3. The van der Waals surface area contributed by atoms with E-state index in [-0.39, 0.29) is 0 Å². The van der Waals surface area contributed by atoms with Crippen LogP contribution < -0.4 is 0 Å². The Kier molecular flexibility index (Phi) is 8.31. The second-order valence-corrected chi connectivity index (χ2v) is 10.5. The number of benzene rings is 1. The normalized spacial score (nSPS) is 13.0. The van der Waals surface area contributed by atoms with Crippen LogP contribution in [0.4, 0.5) is 0 Å². The third-order valence-corrected chi connectivity index (χ3v) is 8.14. The minimum absolute atomic E-state index is 0.406. The monoisotopic (exact) mass is 457 g/mol. The summed E-state index contributed by atoms with van der Waals surface area (Å²) in [5.41, 5.74) is 3.60. The van der Waals surface area contributed by atoms with E-state index in [4.69, 9.17) is 0 Å². The number of aliphatic hydroxyl groups excluding tert-OH is 1.